The van der Waals surface area contributed by atoms with Crippen molar-refractivity contribution in [2.45, 2.75) is 51.5 Å². The van der Waals surface area contributed by atoms with Crippen LogP contribution in [0.2, 0.25) is 0 Å². The van der Waals surface area contributed by atoms with E-state index in [-0.39, 0.29) is 0 Å². The Morgan fingerprint density at radius 2 is 1.47 bits per heavy atom. The third-order valence-corrected chi connectivity index (χ3v) is 4.08. The Morgan fingerprint density at radius 3 is 2.13 bits per heavy atom. The summed E-state index contributed by atoms with van der Waals surface area (Å²) in [6, 6.07) is 0.811. The van der Waals surface area contributed by atoms with Gasteiger partial charge in [-0.3, -0.25) is 0 Å². The Balaban J connectivity index is 1.64. The zero-order valence-electron chi connectivity index (χ0n) is 10.2. The van der Waals surface area contributed by atoms with Crippen molar-refractivity contribution >= 4 is 0 Å². The molecule has 0 N–H and O–H groups in total. The fraction of sp³-hybridized carbons (Fsp3) is 1.00. The summed E-state index contributed by atoms with van der Waals surface area (Å²) in [7, 11) is 0. The average Bonchev–Trinajstić information content (AvgIpc) is 2.80. The first-order valence-electron chi connectivity index (χ1n) is 6.82. The van der Waals surface area contributed by atoms with Crippen LogP contribution >= 0.6 is 0 Å². The minimum absolute atomic E-state index is 0.811. The molecule has 0 aromatic carbocycles. The van der Waals surface area contributed by atoms with E-state index in [4.69, 9.17) is 0 Å². The summed E-state index contributed by atoms with van der Waals surface area (Å²) in [6.45, 7) is 9.15. The molecule has 0 radical (unpaired) electrons. The molecule has 0 amide bonds. The third kappa shape index (κ3) is 3.46. The Hall–Kier alpha value is -0.0800. The Kier molecular flexibility index (Phi) is 4.45. The number of piperidine rings is 1. The van der Waals surface area contributed by atoms with Gasteiger partial charge in [0.15, 0.2) is 0 Å². The minimum Gasteiger partial charge on any atom is -0.303 e. The molecule has 2 aliphatic rings. The second kappa shape index (κ2) is 5.86. The van der Waals surface area contributed by atoms with Gasteiger partial charge in [-0.1, -0.05) is 6.42 Å². The van der Waals surface area contributed by atoms with Gasteiger partial charge in [-0.2, -0.15) is 0 Å². The quantitative estimate of drug-likeness (QED) is 0.703. The zero-order valence-corrected chi connectivity index (χ0v) is 10.2. The highest BCUT2D eigenvalue weighted by atomic mass is 15.2. The number of hydrogen-bond donors (Lipinski definition) is 0. The molecule has 1 atom stereocenters. The van der Waals surface area contributed by atoms with Crippen molar-refractivity contribution in [1.29, 1.82) is 0 Å². The predicted octanol–water partition coefficient (Wildman–Crippen LogP) is 2.35. The lowest BCUT2D eigenvalue weighted by Crippen LogP contribution is -2.39. The van der Waals surface area contributed by atoms with Gasteiger partial charge in [0, 0.05) is 6.04 Å². The SMILES string of the molecule is CC(CCN1CCCC1)N1CCCCC1. The van der Waals surface area contributed by atoms with Crippen LogP contribution in [0.4, 0.5) is 0 Å². The van der Waals surface area contributed by atoms with E-state index in [9.17, 15) is 0 Å². The molecule has 2 heteroatoms. The summed E-state index contributed by atoms with van der Waals surface area (Å²) in [5.41, 5.74) is 0. The molecule has 0 aromatic heterocycles. The lowest BCUT2D eigenvalue weighted by atomic mass is 10.1. The molecule has 15 heavy (non-hydrogen) atoms. The molecular weight excluding hydrogens is 184 g/mol. The van der Waals surface area contributed by atoms with Crippen molar-refractivity contribution in [3.8, 4) is 0 Å². The van der Waals surface area contributed by atoms with Crippen LogP contribution in [0.15, 0.2) is 0 Å². The van der Waals surface area contributed by atoms with Gasteiger partial charge >= 0.3 is 0 Å². The molecule has 2 aliphatic heterocycles. The van der Waals surface area contributed by atoms with E-state index in [1.54, 1.807) is 0 Å². The summed E-state index contributed by atoms with van der Waals surface area (Å²) in [6.07, 6.45) is 8.54. The summed E-state index contributed by atoms with van der Waals surface area (Å²) in [5, 5.41) is 0. The third-order valence-electron chi connectivity index (χ3n) is 4.08. The first kappa shape index (κ1) is 11.4. The van der Waals surface area contributed by atoms with Gasteiger partial charge in [0.1, 0.15) is 0 Å². The maximum absolute atomic E-state index is 2.69. The summed E-state index contributed by atoms with van der Waals surface area (Å²) in [4.78, 5) is 5.33. The molecule has 0 saturated carbocycles. The van der Waals surface area contributed by atoms with E-state index in [0.717, 1.165) is 6.04 Å². The van der Waals surface area contributed by atoms with Crippen molar-refractivity contribution in [2.24, 2.45) is 0 Å². The second-order valence-electron chi connectivity index (χ2n) is 5.28. The smallest absolute Gasteiger partial charge is 0.00791 e. The summed E-state index contributed by atoms with van der Waals surface area (Å²) in [5.74, 6) is 0. The summed E-state index contributed by atoms with van der Waals surface area (Å²) >= 11 is 0. The standard InChI is InChI=1S/C13H26N2/c1-13(15-10-3-2-4-11-15)7-12-14-8-5-6-9-14/h13H,2-12H2,1H3. The maximum atomic E-state index is 2.69. The number of nitrogens with zero attached hydrogens (tertiary/aromatic N) is 2. The van der Waals surface area contributed by atoms with Gasteiger partial charge in [-0.15, -0.1) is 0 Å². The highest BCUT2D eigenvalue weighted by molar-refractivity contribution is 4.74. The molecule has 2 heterocycles. The molecule has 0 aliphatic carbocycles. The molecular formula is C13H26N2. The molecule has 0 aromatic rings. The molecule has 2 fully saturated rings. The number of likely N-dealkylation sites (tertiary alicyclic amines) is 2. The van der Waals surface area contributed by atoms with Crippen LogP contribution in [-0.4, -0.2) is 48.6 Å². The van der Waals surface area contributed by atoms with Crippen LogP contribution in [0.3, 0.4) is 0 Å². The molecule has 2 rings (SSSR count). The van der Waals surface area contributed by atoms with Crippen LogP contribution in [-0.2, 0) is 0 Å². The van der Waals surface area contributed by atoms with Crippen LogP contribution in [0.25, 0.3) is 0 Å². The van der Waals surface area contributed by atoms with Crippen molar-refractivity contribution in [1.82, 2.24) is 9.80 Å². The van der Waals surface area contributed by atoms with Crippen LogP contribution < -0.4 is 0 Å². The van der Waals surface area contributed by atoms with Crippen LogP contribution in [0, 0.1) is 0 Å². The molecule has 2 nitrogen and oxygen atoms in total. The van der Waals surface area contributed by atoms with Crippen molar-refractivity contribution < 1.29 is 0 Å². The van der Waals surface area contributed by atoms with Crippen LogP contribution in [0.5, 0.6) is 0 Å². The maximum Gasteiger partial charge on any atom is 0.00791 e. The highest BCUT2D eigenvalue weighted by Gasteiger charge is 2.18. The van der Waals surface area contributed by atoms with Crippen molar-refractivity contribution in [3.05, 3.63) is 0 Å². The van der Waals surface area contributed by atoms with Crippen LogP contribution in [0.1, 0.15) is 45.4 Å². The van der Waals surface area contributed by atoms with Crippen molar-refractivity contribution in [2.75, 3.05) is 32.7 Å². The van der Waals surface area contributed by atoms with E-state index in [1.807, 2.05) is 0 Å². The molecule has 0 bridgehead atoms. The molecule has 2 saturated heterocycles. The Labute approximate surface area is 94.6 Å². The number of hydrogen-bond acceptors (Lipinski definition) is 2. The predicted molar refractivity (Wildman–Crippen MR) is 65.2 cm³/mol. The fourth-order valence-corrected chi connectivity index (χ4v) is 2.92. The normalized spacial score (nSPS) is 27.0. The van der Waals surface area contributed by atoms with Gasteiger partial charge in [-0.05, 0) is 71.8 Å². The molecule has 1 unspecified atom stereocenters. The van der Waals surface area contributed by atoms with Gasteiger partial charge in [0.05, 0.1) is 0 Å². The monoisotopic (exact) mass is 210 g/mol. The van der Waals surface area contributed by atoms with E-state index in [0.29, 0.717) is 0 Å². The highest BCUT2D eigenvalue weighted by Crippen LogP contribution is 2.15. The second-order valence-corrected chi connectivity index (χ2v) is 5.28. The van der Waals surface area contributed by atoms with E-state index in [2.05, 4.69) is 16.7 Å². The zero-order chi connectivity index (χ0) is 10.5. The van der Waals surface area contributed by atoms with E-state index < -0.39 is 0 Å². The first-order valence-corrected chi connectivity index (χ1v) is 6.82. The number of rotatable bonds is 4. The van der Waals surface area contributed by atoms with E-state index in [1.165, 1.54) is 71.2 Å². The fourth-order valence-electron chi connectivity index (χ4n) is 2.92. The molecule has 88 valence electrons. The summed E-state index contributed by atoms with van der Waals surface area (Å²) < 4.78 is 0. The lowest BCUT2D eigenvalue weighted by molar-refractivity contribution is 0.154. The van der Waals surface area contributed by atoms with Gasteiger partial charge < -0.3 is 9.80 Å². The van der Waals surface area contributed by atoms with Gasteiger partial charge in [0.2, 0.25) is 0 Å². The van der Waals surface area contributed by atoms with Gasteiger partial charge in [0.25, 0.3) is 0 Å². The van der Waals surface area contributed by atoms with E-state index >= 15 is 0 Å². The molecule has 0 spiro atoms. The van der Waals surface area contributed by atoms with Crippen molar-refractivity contribution in [3.63, 3.8) is 0 Å². The van der Waals surface area contributed by atoms with Gasteiger partial charge in [-0.25, -0.2) is 0 Å². The minimum atomic E-state index is 0.811. The topological polar surface area (TPSA) is 6.48 Å². The lowest BCUT2D eigenvalue weighted by Gasteiger charge is -2.33. The Morgan fingerprint density at radius 1 is 0.867 bits per heavy atom. The first-order chi connectivity index (χ1) is 7.36. The Bertz CT molecular complexity index is 169. The largest absolute Gasteiger partial charge is 0.303 e. The average molecular weight is 210 g/mol.